The zero-order valence-corrected chi connectivity index (χ0v) is 17.4. The standard InChI is InChI=1S/C23H23FN6O2/c24-18-5-1-17(2-6-18)23(32)29-13-11-16(12-14-29)22(31)25-19-7-3-15(4-8-19)21-26-27-28-30(21)20-9-10-20/h1-8,16,20H,9-14H2,(H,25,31). The highest BCUT2D eigenvalue weighted by molar-refractivity contribution is 5.95. The number of hydrogen-bond donors (Lipinski definition) is 1. The molecule has 0 radical (unpaired) electrons. The van der Waals surface area contributed by atoms with Gasteiger partial charge in [-0.2, -0.15) is 0 Å². The number of carbonyl (C=O) groups is 2. The van der Waals surface area contributed by atoms with Gasteiger partial charge in [-0.25, -0.2) is 9.07 Å². The molecule has 32 heavy (non-hydrogen) atoms. The van der Waals surface area contributed by atoms with Crippen LogP contribution in [-0.4, -0.2) is 50.0 Å². The molecule has 1 saturated carbocycles. The zero-order chi connectivity index (χ0) is 22.1. The lowest BCUT2D eigenvalue weighted by molar-refractivity contribution is -0.121. The lowest BCUT2D eigenvalue weighted by Gasteiger charge is -2.31. The fourth-order valence-corrected chi connectivity index (χ4v) is 4.02. The fourth-order valence-electron chi connectivity index (χ4n) is 4.02. The van der Waals surface area contributed by atoms with Crippen molar-refractivity contribution < 1.29 is 14.0 Å². The van der Waals surface area contributed by atoms with Gasteiger partial charge in [-0.1, -0.05) is 0 Å². The number of hydrogen-bond acceptors (Lipinski definition) is 5. The van der Waals surface area contributed by atoms with Crippen LogP contribution in [0.1, 0.15) is 42.1 Å². The quantitative estimate of drug-likeness (QED) is 0.665. The Morgan fingerprint density at radius 3 is 2.28 bits per heavy atom. The van der Waals surface area contributed by atoms with Gasteiger partial charge in [0.1, 0.15) is 5.82 Å². The molecule has 2 heterocycles. The first-order chi connectivity index (χ1) is 15.6. The van der Waals surface area contributed by atoms with Crippen LogP contribution in [0.25, 0.3) is 11.4 Å². The van der Waals surface area contributed by atoms with E-state index in [1.54, 1.807) is 4.90 Å². The molecule has 2 fully saturated rings. The van der Waals surface area contributed by atoms with Crippen LogP contribution in [-0.2, 0) is 4.79 Å². The van der Waals surface area contributed by atoms with E-state index in [1.807, 2.05) is 28.9 Å². The van der Waals surface area contributed by atoms with E-state index in [2.05, 4.69) is 20.8 Å². The molecule has 0 unspecified atom stereocenters. The van der Waals surface area contributed by atoms with Gasteiger partial charge in [0, 0.05) is 35.8 Å². The number of nitrogens with one attached hydrogen (secondary N) is 1. The van der Waals surface area contributed by atoms with Crippen LogP contribution in [0.3, 0.4) is 0 Å². The van der Waals surface area contributed by atoms with Crippen molar-refractivity contribution in [1.29, 1.82) is 0 Å². The van der Waals surface area contributed by atoms with Gasteiger partial charge >= 0.3 is 0 Å². The van der Waals surface area contributed by atoms with Crippen LogP contribution in [0.15, 0.2) is 48.5 Å². The molecule has 2 aliphatic rings. The smallest absolute Gasteiger partial charge is 0.253 e. The molecule has 9 heteroatoms. The third kappa shape index (κ3) is 4.23. The molecule has 1 aliphatic carbocycles. The van der Waals surface area contributed by atoms with Crippen LogP contribution in [0.5, 0.6) is 0 Å². The predicted octanol–water partition coefficient (Wildman–Crippen LogP) is 3.31. The van der Waals surface area contributed by atoms with E-state index >= 15 is 0 Å². The Bertz CT molecular complexity index is 1120. The van der Waals surface area contributed by atoms with E-state index in [4.69, 9.17) is 0 Å². The van der Waals surface area contributed by atoms with Crippen molar-refractivity contribution >= 4 is 17.5 Å². The summed E-state index contributed by atoms with van der Waals surface area (Å²) < 4.78 is 14.9. The van der Waals surface area contributed by atoms with Gasteiger partial charge in [-0.05, 0) is 84.6 Å². The first-order valence-corrected chi connectivity index (χ1v) is 10.8. The molecule has 1 aliphatic heterocycles. The summed E-state index contributed by atoms with van der Waals surface area (Å²) in [4.78, 5) is 27.0. The van der Waals surface area contributed by atoms with Crippen LogP contribution in [0.4, 0.5) is 10.1 Å². The lowest BCUT2D eigenvalue weighted by atomic mass is 9.95. The van der Waals surface area contributed by atoms with Crippen molar-refractivity contribution in [2.24, 2.45) is 5.92 Å². The van der Waals surface area contributed by atoms with Crippen molar-refractivity contribution in [3.05, 3.63) is 59.9 Å². The number of likely N-dealkylation sites (tertiary alicyclic amines) is 1. The Kier molecular flexibility index (Phi) is 5.38. The average Bonchev–Trinajstić information content (AvgIpc) is 3.56. The highest BCUT2D eigenvalue weighted by Gasteiger charge is 2.29. The Hall–Kier alpha value is -3.62. The van der Waals surface area contributed by atoms with E-state index in [1.165, 1.54) is 24.3 Å². The summed E-state index contributed by atoms with van der Waals surface area (Å²) in [7, 11) is 0. The van der Waals surface area contributed by atoms with Crippen molar-refractivity contribution in [3.8, 4) is 11.4 Å². The summed E-state index contributed by atoms with van der Waals surface area (Å²) in [5, 5.41) is 14.9. The molecule has 3 aromatic rings. The number of benzene rings is 2. The maximum atomic E-state index is 13.1. The monoisotopic (exact) mass is 434 g/mol. The zero-order valence-electron chi connectivity index (χ0n) is 17.4. The van der Waals surface area contributed by atoms with Crippen molar-refractivity contribution in [3.63, 3.8) is 0 Å². The average molecular weight is 434 g/mol. The maximum Gasteiger partial charge on any atom is 0.253 e. The fraction of sp³-hybridized carbons (Fsp3) is 0.348. The number of halogens is 1. The van der Waals surface area contributed by atoms with E-state index in [0.29, 0.717) is 43.2 Å². The number of nitrogens with zero attached hydrogens (tertiary/aromatic N) is 5. The number of tetrazole rings is 1. The predicted molar refractivity (Wildman–Crippen MR) is 115 cm³/mol. The second kappa shape index (κ2) is 8.49. The van der Waals surface area contributed by atoms with Gasteiger partial charge in [0.25, 0.3) is 5.91 Å². The molecule has 0 atom stereocenters. The third-order valence-electron chi connectivity index (χ3n) is 6.04. The largest absolute Gasteiger partial charge is 0.339 e. The molecule has 0 spiro atoms. The number of rotatable bonds is 5. The van der Waals surface area contributed by atoms with Crippen molar-refractivity contribution in [2.45, 2.75) is 31.7 Å². The summed E-state index contributed by atoms with van der Waals surface area (Å²) in [6.07, 6.45) is 3.38. The summed E-state index contributed by atoms with van der Waals surface area (Å²) >= 11 is 0. The SMILES string of the molecule is O=C(Nc1ccc(-c2nnnn2C2CC2)cc1)C1CCN(C(=O)c2ccc(F)cc2)CC1. The molecular weight excluding hydrogens is 411 g/mol. The summed E-state index contributed by atoms with van der Waals surface area (Å²) in [5.74, 6) is 0.0338. The van der Waals surface area contributed by atoms with E-state index in [9.17, 15) is 14.0 Å². The van der Waals surface area contributed by atoms with Crippen molar-refractivity contribution in [1.82, 2.24) is 25.1 Å². The number of piperidine rings is 1. The minimum Gasteiger partial charge on any atom is -0.339 e. The minimum atomic E-state index is -0.369. The second-order valence-corrected chi connectivity index (χ2v) is 8.32. The topological polar surface area (TPSA) is 93.0 Å². The number of anilines is 1. The first kappa shape index (κ1) is 20.3. The maximum absolute atomic E-state index is 13.1. The van der Waals surface area contributed by atoms with Gasteiger partial charge in [0.15, 0.2) is 5.82 Å². The van der Waals surface area contributed by atoms with E-state index < -0.39 is 0 Å². The Morgan fingerprint density at radius 2 is 1.62 bits per heavy atom. The first-order valence-electron chi connectivity index (χ1n) is 10.8. The van der Waals surface area contributed by atoms with Crippen LogP contribution in [0, 0.1) is 11.7 Å². The summed E-state index contributed by atoms with van der Waals surface area (Å²) in [6.45, 7) is 0.994. The van der Waals surface area contributed by atoms with Crippen LogP contribution >= 0.6 is 0 Å². The third-order valence-corrected chi connectivity index (χ3v) is 6.04. The molecule has 0 bridgehead atoms. The van der Waals surface area contributed by atoms with E-state index in [-0.39, 0.29) is 23.5 Å². The van der Waals surface area contributed by atoms with E-state index in [0.717, 1.165) is 24.2 Å². The number of aromatic nitrogens is 4. The number of amides is 2. The van der Waals surface area contributed by atoms with Gasteiger partial charge < -0.3 is 10.2 Å². The molecule has 1 saturated heterocycles. The molecule has 1 aromatic heterocycles. The minimum absolute atomic E-state index is 0.0468. The van der Waals surface area contributed by atoms with Crippen LogP contribution < -0.4 is 5.32 Å². The summed E-state index contributed by atoms with van der Waals surface area (Å²) in [6, 6.07) is 13.5. The van der Waals surface area contributed by atoms with Gasteiger partial charge in [-0.3, -0.25) is 9.59 Å². The van der Waals surface area contributed by atoms with Gasteiger partial charge in [0.2, 0.25) is 5.91 Å². The molecule has 5 rings (SSSR count). The highest BCUT2D eigenvalue weighted by atomic mass is 19.1. The Morgan fingerprint density at radius 1 is 0.938 bits per heavy atom. The molecular formula is C23H23FN6O2. The Labute approximate surface area is 184 Å². The molecule has 164 valence electrons. The molecule has 2 amide bonds. The van der Waals surface area contributed by atoms with Crippen LogP contribution in [0.2, 0.25) is 0 Å². The Balaban J connectivity index is 1.16. The normalized spacial score (nSPS) is 16.7. The van der Waals surface area contributed by atoms with Gasteiger partial charge in [-0.15, -0.1) is 5.10 Å². The second-order valence-electron chi connectivity index (χ2n) is 8.32. The van der Waals surface area contributed by atoms with Gasteiger partial charge in [0.05, 0.1) is 6.04 Å². The highest BCUT2D eigenvalue weighted by Crippen LogP contribution is 2.36. The molecule has 1 N–H and O–H groups in total. The number of carbonyl (C=O) groups excluding carboxylic acids is 2. The lowest BCUT2D eigenvalue weighted by Crippen LogP contribution is -2.41. The van der Waals surface area contributed by atoms with Crippen molar-refractivity contribution in [2.75, 3.05) is 18.4 Å². The molecule has 2 aromatic carbocycles. The summed E-state index contributed by atoms with van der Waals surface area (Å²) in [5.41, 5.74) is 2.09. The molecule has 8 nitrogen and oxygen atoms in total.